The molecule has 1 aromatic carbocycles. The maximum Gasteiger partial charge on any atom is 0.240 e. The highest BCUT2D eigenvalue weighted by atomic mass is 32.2. The zero-order valence-electron chi connectivity index (χ0n) is 9.51. The fraction of sp³-hybridized carbons (Fsp3) is 0.417. The highest BCUT2D eigenvalue weighted by Gasteiger charge is 2.32. The molecule has 2 N–H and O–H groups in total. The summed E-state index contributed by atoms with van der Waals surface area (Å²) in [6, 6.07) is 8.05. The zero-order chi connectivity index (χ0) is 11.7. The average Bonchev–Trinajstić information content (AvgIpc) is 2.30. The van der Waals surface area contributed by atoms with Crippen molar-refractivity contribution in [2.75, 3.05) is 11.4 Å². The third-order valence-corrected chi connectivity index (χ3v) is 3.95. The van der Waals surface area contributed by atoms with Gasteiger partial charge in [0.25, 0.3) is 0 Å². The number of para-hydroxylation sites is 1. The van der Waals surface area contributed by atoms with Crippen LogP contribution in [-0.2, 0) is 4.79 Å². The summed E-state index contributed by atoms with van der Waals surface area (Å²) in [5.74, 6) is 0.154. The van der Waals surface area contributed by atoms with Crippen LogP contribution < -0.4 is 10.6 Å². The van der Waals surface area contributed by atoms with Crippen LogP contribution in [-0.4, -0.2) is 23.7 Å². The maximum atomic E-state index is 12.1. The second-order valence-corrected chi connectivity index (χ2v) is 5.40. The number of benzene rings is 1. The van der Waals surface area contributed by atoms with Gasteiger partial charge in [0, 0.05) is 17.5 Å². The molecule has 86 valence electrons. The van der Waals surface area contributed by atoms with Crippen LogP contribution >= 0.6 is 11.8 Å². The quantitative estimate of drug-likeness (QED) is 0.852. The van der Waals surface area contributed by atoms with E-state index in [0.717, 1.165) is 10.6 Å². The molecule has 0 saturated carbocycles. The van der Waals surface area contributed by atoms with Crippen molar-refractivity contribution in [2.45, 2.75) is 30.0 Å². The van der Waals surface area contributed by atoms with Gasteiger partial charge in [-0.05, 0) is 26.0 Å². The number of rotatable bonds is 2. The molecule has 0 saturated heterocycles. The first-order valence-corrected chi connectivity index (χ1v) is 6.32. The topological polar surface area (TPSA) is 46.3 Å². The molecule has 0 bridgehead atoms. The molecule has 2 unspecified atom stereocenters. The van der Waals surface area contributed by atoms with Gasteiger partial charge < -0.3 is 10.6 Å². The highest BCUT2D eigenvalue weighted by molar-refractivity contribution is 8.00. The van der Waals surface area contributed by atoms with E-state index in [1.54, 1.807) is 11.8 Å². The lowest BCUT2D eigenvalue weighted by Gasteiger charge is -2.36. The lowest BCUT2D eigenvalue weighted by atomic mass is 10.2. The van der Waals surface area contributed by atoms with Gasteiger partial charge >= 0.3 is 0 Å². The summed E-state index contributed by atoms with van der Waals surface area (Å²) in [5.41, 5.74) is 6.66. The van der Waals surface area contributed by atoms with Crippen LogP contribution in [0.1, 0.15) is 13.8 Å². The predicted octanol–water partition coefficient (Wildman–Crippen LogP) is 1.86. The molecule has 2 atom stereocenters. The van der Waals surface area contributed by atoms with Gasteiger partial charge in [0.05, 0.1) is 10.9 Å². The Bertz CT molecular complexity index is 408. The van der Waals surface area contributed by atoms with Crippen molar-refractivity contribution in [3.63, 3.8) is 0 Å². The Labute approximate surface area is 100.0 Å². The summed E-state index contributed by atoms with van der Waals surface area (Å²) in [6.07, 6.45) is 0. The molecule has 0 spiro atoms. The van der Waals surface area contributed by atoms with Crippen molar-refractivity contribution >= 4 is 23.4 Å². The third-order valence-electron chi connectivity index (χ3n) is 2.80. The molecule has 2 rings (SSSR count). The van der Waals surface area contributed by atoms with Crippen LogP contribution in [0.2, 0.25) is 0 Å². The van der Waals surface area contributed by atoms with E-state index in [9.17, 15) is 4.79 Å². The van der Waals surface area contributed by atoms with E-state index in [1.807, 2.05) is 36.9 Å². The highest BCUT2D eigenvalue weighted by Crippen LogP contribution is 2.39. The van der Waals surface area contributed by atoms with Crippen LogP contribution in [0.15, 0.2) is 29.2 Å². The molecule has 0 aromatic heterocycles. The average molecular weight is 236 g/mol. The number of thioether (sulfide) groups is 1. The van der Waals surface area contributed by atoms with Gasteiger partial charge in [-0.1, -0.05) is 12.1 Å². The zero-order valence-corrected chi connectivity index (χ0v) is 10.3. The van der Waals surface area contributed by atoms with Gasteiger partial charge in [0.15, 0.2) is 0 Å². The summed E-state index contributed by atoms with van der Waals surface area (Å²) >= 11 is 1.62. The summed E-state index contributed by atoms with van der Waals surface area (Å²) in [4.78, 5) is 15.1. The minimum atomic E-state index is -0.0242. The number of hydrogen-bond donors (Lipinski definition) is 1. The van der Waals surface area contributed by atoms with Crippen molar-refractivity contribution < 1.29 is 4.79 Å². The Morgan fingerprint density at radius 2 is 2.19 bits per heavy atom. The Morgan fingerprint density at radius 3 is 2.88 bits per heavy atom. The number of amides is 1. The summed E-state index contributed by atoms with van der Waals surface area (Å²) in [6.45, 7) is 4.41. The fourth-order valence-corrected chi connectivity index (χ4v) is 2.91. The van der Waals surface area contributed by atoms with E-state index >= 15 is 0 Å². The number of fused-ring (bicyclic) bond motifs is 1. The summed E-state index contributed by atoms with van der Waals surface area (Å²) < 4.78 is 0. The van der Waals surface area contributed by atoms with E-state index in [0.29, 0.717) is 6.54 Å². The van der Waals surface area contributed by atoms with Gasteiger partial charge in [-0.25, -0.2) is 0 Å². The van der Waals surface area contributed by atoms with Crippen molar-refractivity contribution in [3.8, 4) is 0 Å². The first-order valence-electron chi connectivity index (χ1n) is 5.44. The van der Waals surface area contributed by atoms with Crippen molar-refractivity contribution in [1.29, 1.82) is 0 Å². The first-order chi connectivity index (χ1) is 7.65. The lowest BCUT2D eigenvalue weighted by Crippen LogP contribution is -2.48. The maximum absolute atomic E-state index is 12.1. The van der Waals surface area contributed by atoms with Crippen LogP contribution in [0.25, 0.3) is 0 Å². The second kappa shape index (κ2) is 4.47. The van der Waals surface area contributed by atoms with Crippen molar-refractivity contribution in [2.24, 2.45) is 5.73 Å². The number of hydrogen-bond acceptors (Lipinski definition) is 3. The van der Waals surface area contributed by atoms with Crippen molar-refractivity contribution in [3.05, 3.63) is 24.3 Å². The molecular formula is C12H16N2OS. The molecule has 1 aliphatic rings. The molecule has 16 heavy (non-hydrogen) atoms. The third kappa shape index (κ3) is 1.83. The largest absolute Gasteiger partial charge is 0.328 e. The summed E-state index contributed by atoms with van der Waals surface area (Å²) in [5, 5.41) is -0.0242. The van der Waals surface area contributed by atoms with E-state index in [4.69, 9.17) is 5.73 Å². The minimum Gasteiger partial charge on any atom is -0.328 e. The number of nitrogens with two attached hydrogens (primary N) is 1. The van der Waals surface area contributed by atoms with Crippen LogP contribution in [0.3, 0.4) is 0 Å². The number of anilines is 1. The van der Waals surface area contributed by atoms with E-state index in [-0.39, 0.29) is 17.2 Å². The predicted molar refractivity (Wildman–Crippen MR) is 67.8 cm³/mol. The number of carbonyl (C=O) groups excluding carboxylic acids is 1. The molecule has 1 heterocycles. The molecule has 4 heteroatoms. The molecular weight excluding hydrogens is 220 g/mol. The smallest absolute Gasteiger partial charge is 0.240 e. The lowest BCUT2D eigenvalue weighted by molar-refractivity contribution is -0.118. The Kier molecular flexibility index (Phi) is 3.21. The summed E-state index contributed by atoms with van der Waals surface area (Å²) in [7, 11) is 0. The minimum absolute atomic E-state index is 0.0242. The Balaban J connectivity index is 2.46. The normalized spacial score (nSPS) is 21.8. The molecule has 3 nitrogen and oxygen atoms in total. The molecule has 0 radical (unpaired) electrons. The fourth-order valence-electron chi connectivity index (χ4n) is 1.87. The SMILES string of the molecule is CC1Sc2ccccc2N(C(C)CN)C1=O. The van der Waals surface area contributed by atoms with Crippen molar-refractivity contribution in [1.82, 2.24) is 0 Å². The van der Waals surface area contributed by atoms with Gasteiger partial charge in [-0.2, -0.15) is 0 Å². The van der Waals surface area contributed by atoms with Crippen LogP contribution in [0.5, 0.6) is 0 Å². The van der Waals surface area contributed by atoms with E-state index < -0.39 is 0 Å². The molecule has 0 fully saturated rings. The Morgan fingerprint density at radius 1 is 1.50 bits per heavy atom. The number of carbonyl (C=O) groups is 1. The second-order valence-electron chi connectivity index (χ2n) is 4.02. The first kappa shape index (κ1) is 11.5. The van der Waals surface area contributed by atoms with Gasteiger partial charge in [0.2, 0.25) is 5.91 Å². The van der Waals surface area contributed by atoms with E-state index in [2.05, 4.69) is 6.07 Å². The molecule has 0 aliphatic carbocycles. The van der Waals surface area contributed by atoms with Gasteiger partial charge in [-0.15, -0.1) is 11.8 Å². The molecule has 1 aliphatic heterocycles. The van der Waals surface area contributed by atoms with Gasteiger partial charge in [-0.3, -0.25) is 4.79 Å². The van der Waals surface area contributed by atoms with Crippen LogP contribution in [0, 0.1) is 0 Å². The van der Waals surface area contributed by atoms with E-state index in [1.165, 1.54) is 0 Å². The Hall–Kier alpha value is -1.00. The van der Waals surface area contributed by atoms with Gasteiger partial charge in [0.1, 0.15) is 0 Å². The van der Waals surface area contributed by atoms with Crippen LogP contribution in [0.4, 0.5) is 5.69 Å². The molecule has 1 amide bonds. The molecule has 1 aromatic rings. The standard InChI is InChI=1S/C12H16N2OS/c1-8(7-13)14-10-5-3-4-6-11(10)16-9(2)12(14)15/h3-6,8-9H,7,13H2,1-2H3. The number of nitrogens with zero attached hydrogens (tertiary/aromatic N) is 1. The monoisotopic (exact) mass is 236 g/mol.